The molecule has 0 aliphatic heterocycles. The number of nitrogens with two attached hydrogens (primary N) is 1. The summed E-state index contributed by atoms with van der Waals surface area (Å²) in [6, 6.07) is 7.29. The van der Waals surface area contributed by atoms with Gasteiger partial charge in [0.2, 0.25) is 5.91 Å². The Kier molecular flexibility index (Phi) is 3.52. The molecule has 1 aromatic heterocycles. The maximum atomic E-state index is 11.7. The number of hydrogen-bond acceptors (Lipinski definition) is 5. The van der Waals surface area contributed by atoms with Crippen LogP contribution in [0.25, 0.3) is 0 Å². The topological polar surface area (TPSA) is 98.7 Å². The summed E-state index contributed by atoms with van der Waals surface area (Å²) in [4.78, 5) is 11.7. The number of hydrogen-bond donors (Lipinski definition) is 2. The molecular formula is C11H14N6O. The number of carbonyl (C=O) groups excluding carboxylic acids is 1. The summed E-state index contributed by atoms with van der Waals surface area (Å²) < 4.78 is 1.37. The standard InChI is InChI=1S/C11H14N6O/c1-8(9-2-4-10(12)5-3-9)14-11(18)6-17-7-13-15-16-17/h2-5,7-8H,6,12H2,1H3,(H,14,18). The number of anilines is 1. The van der Waals surface area contributed by atoms with E-state index in [4.69, 9.17) is 5.73 Å². The van der Waals surface area contributed by atoms with Crippen molar-refractivity contribution in [3.8, 4) is 0 Å². The summed E-state index contributed by atoms with van der Waals surface area (Å²) >= 11 is 0. The number of aromatic nitrogens is 4. The summed E-state index contributed by atoms with van der Waals surface area (Å²) in [7, 11) is 0. The fourth-order valence-electron chi connectivity index (χ4n) is 1.55. The molecule has 0 spiro atoms. The number of carbonyl (C=O) groups is 1. The highest BCUT2D eigenvalue weighted by Crippen LogP contribution is 2.13. The molecule has 18 heavy (non-hydrogen) atoms. The smallest absolute Gasteiger partial charge is 0.242 e. The average molecular weight is 246 g/mol. The number of nitrogens with zero attached hydrogens (tertiary/aromatic N) is 4. The maximum Gasteiger partial charge on any atom is 0.242 e. The molecule has 0 saturated heterocycles. The Morgan fingerprint density at radius 3 is 2.78 bits per heavy atom. The Balaban J connectivity index is 1.92. The molecule has 1 unspecified atom stereocenters. The lowest BCUT2D eigenvalue weighted by Gasteiger charge is -2.14. The zero-order valence-electron chi connectivity index (χ0n) is 9.95. The van der Waals surface area contributed by atoms with Crippen LogP contribution in [0.15, 0.2) is 30.6 Å². The van der Waals surface area contributed by atoms with Gasteiger partial charge < -0.3 is 11.1 Å². The first kappa shape index (κ1) is 12.0. The zero-order valence-corrected chi connectivity index (χ0v) is 9.95. The van der Waals surface area contributed by atoms with Gasteiger partial charge in [0.1, 0.15) is 12.9 Å². The zero-order chi connectivity index (χ0) is 13.0. The highest BCUT2D eigenvalue weighted by molar-refractivity contribution is 5.76. The van der Waals surface area contributed by atoms with Crippen LogP contribution in [0.2, 0.25) is 0 Å². The monoisotopic (exact) mass is 246 g/mol. The SMILES string of the molecule is CC(NC(=O)Cn1cnnn1)c1ccc(N)cc1. The first-order valence-corrected chi connectivity index (χ1v) is 5.51. The molecule has 0 aliphatic rings. The fourth-order valence-corrected chi connectivity index (χ4v) is 1.55. The summed E-state index contributed by atoms with van der Waals surface area (Å²) in [5, 5.41) is 13.4. The van der Waals surface area contributed by atoms with E-state index in [1.54, 1.807) is 12.1 Å². The van der Waals surface area contributed by atoms with Crippen LogP contribution in [0.5, 0.6) is 0 Å². The van der Waals surface area contributed by atoms with Crippen LogP contribution in [0.1, 0.15) is 18.5 Å². The predicted octanol–water partition coefficient (Wildman–Crippen LogP) is 0.133. The van der Waals surface area contributed by atoms with Crippen molar-refractivity contribution in [1.29, 1.82) is 0 Å². The maximum absolute atomic E-state index is 11.7. The molecule has 3 N–H and O–H groups in total. The lowest BCUT2D eigenvalue weighted by molar-refractivity contribution is -0.122. The molecule has 1 heterocycles. The van der Waals surface area contributed by atoms with Gasteiger partial charge >= 0.3 is 0 Å². The van der Waals surface area contributed by atoms with Gasteiger partial charge in [0.05, 0.1) is 6.04 Å². The molecular weight excluding hydrogens is 232 g/mol. The van der Waals surface area contributed by atoms with E-state index >= 15 is 0 Å². The van der Waals surface area contributed by atoms with E-state index in [0.717, 1.165) is 5.56 Å². The molecule has 94 valence electrons. The van der Waals surface area contributed by atoms with Crippen molar-refractivity contribution in [2.45, 2.75) is 19.5 Å². The van der Waals surface area contributed by atoms with Crippen LogP contribution in [0.4, 0.5) is 5.69 Å². The molecule has 2 aromatic rings. The van der Waals surface area contributed by atoms with Crippen LogP contribution in [0.3, 0.4) is 0 Å². The van der Waals surface area contributed by atoms with E-state index in [0.29, 0.717) is 5.69 Å². The van der Waals surface area contributed by atoms with Gasteiger partial charge in [-0.25, -0.2) is 4.68 Å². The fraction of sp³-hybridized carbons (Fsp3) is 0.273. The normalized spacial score (nSPS) is 12.1. The Morgan fingerprint density at radius 2 is 2.17 bits per heavy atom. The number of rotatable bonds is 4. The largest absolute Gasteiger partial charge is 0.399 e. The summed E-state index contributed by atoms with van der Waals surface area (Å²) in [5.74, 6) is -0.147. The van der Waals surface area contributed by atoms with Gasteiger partial charge in [-0.2, -0.15) is 0 Å². The van der Waals surface area contributed by atoms with Crippen LogP contribution < -0.4 is 11.1 Å². The van der Waals surface area contributed by atoms with E-state index in [2.05, 4.69) is 20.8 Å². The van der Waals surface area contributed by atoms with E-state index in [1.807, 2.05) is 19.1 Å². The van der Waals surface area contributed by atoms with E-state index in [1.165, 1.54) is 11.0 Å². The Morgan fingerprint density at radius 1 is 1.44 bits per heavy atom. The van der Waals surface area contributed by atoms with Crippen molar-refractivity contribution in [2.24, 2.45) is 0 Å². The quantitative estimate of drug-likeness (QED) is 0.747. The third-order valence-electron chi connectivity index (χ3n) is 2.51. The van der Waals surface area contributed by atoms with Crippen LogP contribution in [-0.4, -0.2) is 26.1 Å². The first-order chi connectivity index (χ1) is 8.65. The van der Waals surface area contributed by atoms with Crippen molar-refractivity contribution in [2.75, 3.05) is 5.73 Å². The number of benzene rings is 1. The summed E-state index contributed by atoms with van der Waals surface area (Å²) in [5.41, 5.74) is 7.30. The van der Waals surface area contributed by atoms with E-state index < -0.39 is 0 Å². The first-order valence-electron chi connectivity index (χ1n) is 5.51. The molecule has 1 aromatic carbocycles. The lowest BCUT2D eigenvalue weighted by Crippen LogP contribution is -2.30. The molecule has 0 aliphatic carbocycles. The number of amides is 1. The van der Waals surface area contributed by atoms with Crippen molar-refractivity contribution in [3.05, 3.63) is 36.2 Å². The second-order valence-electron chi connectivity index (χ2n) is 3.96. The van der Waals surface area contributed by atoms with Crippen LogP contribution in [-0.2, 0) is 11.3 Å². The number of tetrazole rings is 1. The van der Waals surface area contributed by atoms with Gasteiger partial charge in [-0.05, 0) is 35.0 Å². The van der Waals surface area contributed by atoms with Crippen molar-refractivity contribution >= 4 is 11.6 Å². The minimum atomic E-state index is -0.147. The van der Waals surface area contributed by atoms with E-state index in [-0.39, 0.29) is 18.5 Å². The van der Waals surface area contributed by atoms with Gasteiger partial charge in [0.15, 0.2) is 0 Å². The van der Waals surface area contributed by atoms with Gasteiger partial charge in [0.25, 0.3) is 0 Å². The van der Waals surface area contributed by atoms with E-state index in [9.17, 15) is 4.79 Å². The molecule has 0 fully saturated rings. The van der Waals surface area contributed by atoms with Crippen LogP contribution in [0, 0.1) is 0 Å². The predicted molar refractivity (Wildman–Crippen MR) is 65.2 cm³/mol. The molecule has 1 atom stereocenters. The second kappa shape index (κ2) is 5.26. The molecule has 7 heteroatoms. The van der Waals surface area contributed by atoms with Gasteiger partial charge in [-0.15, -0.1) is 5.10 Å². The second-order valence-corrected chi connectivity index (χ2v) is 3.96. The molecule has 0 radical (unpaired) electrons. The highest BCUT2D eigenvalue weighted by atomic mass is 16.2. The van der Waals surface area contributed by atoms with Gasteiger partial charge in [-0.3, -0.25) is 4.79 Å². The van der Waals surface area contributed by atoms with Gasteiger partial charge in [0, 0.05) is 5.69 Å². The molecule has 1 amide bonds. The summed E-state index contributed by atoms with van der Waals surface area (Å²) in [6.45, 7) is 2.01. The van der Waals surface area contributed by atoms with Crippen LogP contribution >= 0.6 is 0 Å². The lowest BCUT2D eigenvalue weighted by atomic mass is 10.1. The minimum Gasteiger partial charge on any atom is -0.399 e. The Hall–Kier alpha value is -2.44. The average Bonchev–Trinajstić information content (AvgIpc) is 2.82. The van der Waals surface area contributed by atoms with Crippen molar-refractivity contribution < 1.29 is 4.79 Å². The van der Waals surface area contributed by atoms with Gasteiger partial charge in [-0.1, -0.05) is 12.1 Å². The minimum absolute atomic E-state index is 0.0884. The number of nitrogen functional groups attached to an aromatic ring is 1. The number of nitrogens with one attached hydrogen (secondary N) is 1. The highest BCUT2D eigenvalue weighted by Gasteiger charge is 2.10. The molecule has 0 bridgehead atoms. The Labute approximate surface area is 104 Å². The third kappa shape index (κ3) is 3.03. The molecule has 0 saturated carbocycles. The van der Waals surface area contributed by atoms with Crippen molar-refractivity contribution in [3.63, 3.8) is 0 Å². The molecule has 2 rings (SSSR count). The Bertz CT molecular complexity index is 507. The summed E-state index contributed by atoms with van der Waals surface area (Å²) in [6.07, 6.45) is 1.40. The molecule has 7 nitrogen and oxygen atoms in total. The van der Waals surface area contributed by atoms with Crippen molar-refractivity contribution in [1.82, 2.24) is 25.5 Å². The third-order valence-corrected chi connectivity index (χ3v) is 2.51.